The van der Waals surface area contributed by atoms with Gasteiger partial charge in [-0.2, -0.15) is 35.5 Å². The van der Waals surface area contributed by atoms with Crippen molar-refractivity contribution in [1.82, 2.24) is 35.3 Å². The zero-order valence-electron chi connectivity index (χ0n) is 32.2. The van der Waals surface area contributed by atoms with Crippen LogP contribution >= 0.6 is 23.2 Å². The van der Waals surface area contributed by atoms with E-state index in [1.165, 1.54) is 24.5 Å². The van der Waals surface area contributed by atoms with Gasteiger partial charge >= 0.3 is 28.8 Å². The third kappa shape index (κ3) is 11.7. The predicted octanol–water partition coefficient (Wildman–Crippen LogP) is 5.79. The van der Waals surface area contributed by atoms with Crippen LogP contribution in [0.3, 0.4) is 0 Å². The van der Waals surface area contributed by atoms with Crippen LogP contribution in [0.2, 0.25) is 10.0 Å². The summed E-state index contributed by atoms with van der Waals surface area (Å²) in [4.78, 5) is 33.6. The maximum Gasteiger partial charge on any atom is 0.534 e. The molecular weight excluding hydrogens is 903 g/mol. The lowest BCUT2D eigenvalue weighted by Crippen LogP contribution is -2.38. The van der Waals surface area contributed by atoms with Gasteiger partial charge in [0.25, 0.3) is 5.88 Å². The number of aromatic nitrogens is 6. The zero-order chi connectivity index (χ0) is 45.5. The van der Waals surface area contributed by atoms with Gasteiger partial charge in [-0.05, 0) is 73.9 Å². The Morgan fingerprint density at radius 1 is 0.841 bits per heavy atom. The van der Waals surface area contributed by atoms with E-state index in [2.05, 4.69) is 45.2 Å². The highest BCUT2D eigenvalue weighted by molar-refractivity contribution is 7.88. The molecule has 2 aliphatic rings. The molecule has 330 valence electrons. The first kappa shape index (κ1) is 46.4. The molecule has 6 N–H and O–H groups in total. The Balaban J connectivity index is 0.000000173. The number of amides is 3. The van der Waals surface area contributed by atoms with Crippen molar-refractivity contribution >= 4 is 69.2 Å². The number of urea groups is 1. The topological polar surface area (TPSA) is 228 Å². The number of nitrogens with one attached hydrogen (secondary N) is 4. The molecule has 63 heavy (non-hydrogen) atoms. The second-order valence-corrected chi connectivity index (χ2v) is 16.1. The van der Waals surface area contributed by atoms with Crippen molar-refractivity contribution in [3.05, 3.63) is 130 Å². The van der Waals surface area contributed by atoms with Gasteiger partial charge in [0.1, 0.15) is 5.69 Å². The van der Waals surface area contributed by atoms with Gasteiger partial charge in [0.2, 0.25) is 17.8 Å². The molecule has 0 saturated carbocycles. The second-order valence-electron chi connectivity index (χ2n) is 13.6. The smallest absolute Gasteiger partial charge is 0.423 e. The van der Waals surface area contributed by atoms with Crippen LogP contribution in [0.4, 0.5) is 38.1 Å². The Bertz CT molecular complexity index is 2710. The first-order valence-electron chi connectivity index (χ1n) is 18.5. The largest absolute Gasteiger partial charge is 0.534 e. The number of aryl methyl sites for hydroxylation is 1. The maximum atomic E-state index is 14.0. The summed E-state index contributed by atoms with van der Waals surface area (Å²) in [7, 11) is -7.63. The fraction of sp³-hybridized carbons (Fsp3) is 0.211. The summed E-state index contributed by atoms with van der Waals surface area (Å²) in [5, 5.41) is 36.6. The van der Waals surface area contributed by atoms with E-state index < -0.39 is 46.4 Å². The minimum absolute atomic E-state index is 0.0130. The van der Waals surface area contributed by atoms with Crippen molar-refractivity contribution in [3.8, 4) is 17.1 Å². The summed E-state index contributed by atoms with van der Waals surface area (Å²) in [5.74, 6) is -3.08. The van der Waals surface area contributed by atoms with Crippen molar-refractivity contribution in [2.24, 2.45) is 5.92 Å². The number of fused-ring (bicyclic) bond motifs is 2. The fourth-order valence-electron chi connectivity index (χ4n) is 6.33. The molecule has 0 fully saturated rings. The number of carbonyl (C=O) groups excluding carboxylic acids is 2. The van der Waals surface area contributed by atoms with Gasteiger partial charge in [-0.15, -0.1) is 5.10 Å². The molecule has 8 rings (SSSR count). The number of H-pyrrole nitrogens is 2. The van der Waals surface area contributed by atoms with Crippen LogP contribution in [0, 0.1) is 17.8 Å². The Kier molecular flexibility index (Phi) is 14.7. The summed E-state index contributed by atoms with van der Waals surface area (Å²) in [6, 6.07) is 19.2. The molecule has 5 heterocycles. The number of halogens is 7. The SMILES string of the molecule is O=C(Nc1cccc(Cl)c1)C1CCc2[nH]nc(OS(=O)(=O)C(F)(F)F)c2C1.O=C(Nc1cccc(Cl)c1)N1CCc2[nH]nc(-c3cccnc3F)c2C1.OB(O)c1cccnc1F. The lowest BCUT2D eigenvalue weighted by molar-refractivity contribution is -0.120. The molecule has 6 aromatic rings. The van der Waals surface area contributed by atoms with Crippen LogP contribution in [0.5, 0.6) is 5.88 Å². The van der Waals surface area contributed by atoms with Gasteiger partial charge in [-0.3, -0.25) is 15.0 Å². The summed E-state index contributed by atoms with van der Waals surface area (Å²) < 4.78 is 90.5. The molecule has 0 bridgehead atoms. The Morgan fingerprint density at radius 2 is 1.46 bits per heavy atom. The lowest BCUT2D eigenvalue weighted by atomic mass is 9.81. The van der Waals surface area contributed by atoms with Crippen LogP contribution in [0.1, 0.15) is 28.9 Å². The van der Waals surface area contributed by atoms with Crippen molar-refractivity contribution in [1.29, 1.82) is 0 Å². The highest BCUT2D eigenvalue weighted by Gasteiger charge is 2.49. The number of anilines is 2. The van der Waals surface area contributed by atoms with Crippen LogP contribution in [0.25, 0.3) is 11.3 Å². The average molecular weight is 937 g/mol. The third-order valence-corrected chi connectivity index (χ3v) is 10.8. The predicted molar refractivity (Wildman–Crippen MR) is 220 cm³/mol. The van der Waals surface area contributed by atoms with Crippen molar-refractivity contribution in [2.75, 3.05) is 17.2 Å². The Morgan fingerprint density at radius 3 is 2.06 bits per heavy atom. The van der Waals surface area contributed by atoms with Crippen LogP contribution in [-0.2, 0) is 40.7 Å². The van der Waals surface area contributed by atoms with E-state index in [4.69, 9.17) is 33.2 Å². The second kappa shape index (κ2) is 19.9. The minimum atomic E-state index is -5.84. The molecule has 0 radical (unpaired) electrons. The molecule has 1 aliphatic carbocycles. The van der Waals surface area contributed by atoms with E-state index >= 15 is 0 Å². The van der Waals surface area contributed by atoms with Crippen LogP contribution < -0.4 is 20.3 Å². The third-order valence-electron chi connectivity index (χ3n) is 9.42. The summed E-state index contributed by atoms with van der Waals surface area (Å²) in [5.41, 5.74) is -1.57. The number of carbonyl (C=O) groups is 2. The number of hydrogen-bond acceptors (Lipinski definition) is 11. The van der Waals surface area contributed by atoms with Crippen molar-refractivity contribution in [2.45, 2.75) is 37.7 Å². The number of benzene rings is 2. The number of hydrogen-bond donors (Lipinski definition) is 6. The van der Waals surface area contributed by atoms with E-state index in [1.54, 1.807) is 65.6 Å². The molecule has 4 aromatic heterocycles. The van der Waals surface area contributed by atoms with Gasteiger partial charge < -0.3 is 29.8 Å². The number of nitrogens with zero attached hydrogens (tertiary/aromatic N) is 5. The van der Waals surface area contributed by atoms with Gasteiger partial charge in [0.05, 0.1) is 12.1 Å². The number of alkyl halides is 3. The van der Waals surface area contributed by atoms with E-state index in [0.717, 1.165) is 11.3 Å². The molecule has 1 atom stereocenters. The molecule has 0 spiro atoms. The van der Waals surface area contributed by atoms with Crippen molar-refractivity contribution < 1.29 is 54.2 Å². The monoisotopic (exact) mass is 935 g/mol. The molecule has 0 saturated heterocycles. The number of aromatic amines is 2. The van der Waals surface area contributed by atoms with Crippen molar-refractivity contribution in [3.63, 3.8) is 0 Å². The van der Waals surface area contributed by atoms with Gasteiger partial charge in [0, 0.05) is 80.7 Å². The average Bonchev–Trinajstić information content (AvgIpc) is 3.84. The molecule has 3 amide bonds. The standard InChI is InChI=1S/C18H15ClFN5O.C15H13ClF3N3O4S.C5H5BFNO2/c19-11-3-1-4-12(9-11)22-18(26)25-8-6-15-14(10-25)16(24-23-15)13-5-2-7-21-17(13)20;16-9-2-1-3-10(7-9)20-13(23)8-4-5-12-11(6-8)14(22-21-12)26-27(24,25)15(17,18)19;7-5-4(6(9)10)2-1-3-8-5/h1-5,7,9H,6,8,10H2,(H,22,26)(H,23,24);1-3,7-8H,4-6H2,(H,20,23)(H,21,22);1-3,9-10H. The molecule has 25 heteroatoms. The molecule has 16 nitrogen and oxygen atoms in total. The quantitative estimate of drug-likeness (QED) is 0.0369. The normalized spacial score (nSPS) is 14.4. The maximum absolute atomic E-state index is 14.0. The first-order chi connectivity index (χ1) is 29.9. The minimum Gasteiger partial charge on any atom is -0.423 e. The number of rotatable bonds is 7. The van der Waals surface area contributed by atoms with E-state index in [0.29, 0.717) is 70.7 Å². The molecule has 2 aromatic carbocycles. The van der Waals surface area contributed by atoms with Gasteiger partial charge in [-0.1, -0.05) is 41.4 Å². The van der Waals surface area contributed by atoms with Gasteiger partial charge in [-0.25, -0.2) is 14.8 Å². The molecule has 1 aliphatic heterocycles. The van der Waals surface area contributed by atoms with Crippen LogP contribution in [0.15, 0.2) is 85.2 Å². The van der Waals surface area contributed by atoms with E-state index in [1.807, 2.05) is 0 Å². The zero-order valence-corrected chi connectivity index (χ0v) is 34.5. The Hall–Kier alpha value is -6.14. The van der Waals surface area contributed by atoms with Gasteiger partial charge in [0.15, 0.2) is 0 Å². The van der Waals surface area contributed by atoms with E-state index in [9.17, 15) is 40.0 Å². The fourth-order valence-corrected chi connectivity index (χ4v) is 7.16. The Labute approximate surface area is 365 Å². The summed E-state index contributed by atoms with van der Waals surface area (Å²) in [6.07, 6.45) is 3.95. The number of pyridine rings is 2. The van der Waals surface area contributed by atoms with Crippen LogP contribution in [-0.4, -0.2) is 84.8 Å². The van der Waals surface area contributed by atoms with E-state index in [-0.39, 0.29) is 29.4 Å². The summed E-state index contributed by atoms with van der Waals surface area (Å²) >= 11 is 11.8. The lowest BCUT2D eigenvalue weighted by Gasteiger charge is -2.27. The molecular formula is C38H33BCl2F5N9O7S. The molecule has 1 unspecified atom stereocenters. The summed E-state index contributed by atoms with van der Waals surface area (Å²) in [6.45, 7) is 0.873. The first-order valence-corrected chi connectivity index (χ1v) is 20.6. The highest BCUT2D eigenvalue weighted by atomic mass is 35.5. The highest BCUT2D eigenvalue weighted by Crippen LogP contribution is 2.35.